The molecule has 0 saturated carbocycles. The largest absolute Gasteiger partial charge is 0.483 e. The summed E-state index contributed by atoms with van der Waals surface area (Å²) < 4.78 is 11.2. The Morgan fingerprint density at radius 2 is 2.21 bits per heavy atom. The monoisotopic (exact) mass is 331 g/mol. The highest BCUT2D eigenvalue weighted by molar-refractivity contribution is 9.10. The van der Waals surface area contributed by atoms with Crippen molar-refractivity contribution in [2.24, 2.45) is 0 Å². The van der Waals surface area contributed by atoms with E-state index in [1.165, 1.54) is 0 Å². The first-order valence-electron chi connectivity index (χ1n) is 5.86. The SMILES string of the molecule is COCCNC(=O)COc1c(C)cc(Br)cc1CO. The molecule has 1 aromatic rings. The summed E-state index contributed by atoms with van der Waals surface area (Å²) in [5.41, 5.74) is 1.51. The van der Waals surface area contributed by atoms with Gasteiger partial charge in [0.2, 0.25) is 0 Å². The van der Waals surface area contributed by atoms with Gasteiger partial charge in [0, 0.05) is 23.7 Å². The molecule has 5 nitrogen and oxygen atoms in total. The molecule has 0 unspecified atom stereocenters. The number of carbonyl (C=O) groups is 1. The van der Waals surface area contributed by atoms with Crippen molar-refractivity contribution in [2.75, 3.05) is 26.9 Å². The molecule has 0 heterocycles. The topological polar surface area (TPSA) is 67.8 Å². The second-order valence-corrected chi connectivity index (χ2v) is 4.92. The van der Waals surface area contributed by atoms with Crippen LogP contribution in [-0.4, -0.2) is 37.9 Å². The summed E-state index contributed by atoms with van der Waals surface area (Å²) in [4.78, 5) is 11.5. The average molecular weight is 332 g/mol. The maximum absolute atomic E-state index is 11.5. The Morgan fingerprint density at radius 3 is 2.84 bits per heavy atom. The molecular weight excluding hydrogens is 314 g/mol. The Morgan fingerprint density at radius 1 is 1.47 bits per heavy atom. The first kappa shape index (κ1) is 15.9. The lowest BCUT2D eigenvalue weighted by Crippen LogP contribution is -2.31. The zero-order valence-corrected chi connectivity index (χ0v) is 12.6. The van der Waals surface area contributed by atoms with Crippen LogP contribution in [0.4, 0.5) is 0 Å². The zero-order chi connectivity index (χ0) is 14.3. The molecule has 19 heavy (non-hydrogen) atoms. The van der Waals surface area contributed by atoms with Gasteiger partial charge in [0.25, 0.3) is 5.91 Å². The van der Waals surface area contributed by atoms with E-state index in [0.29, 0.717) is 24.5 Å². The summed E-state index contributed by atoms with van der Waals surface area (Å²) >= 11 is 3.35. The molecule has 106 valence electrons. The van der Waals surface area contributed by atoms with Gasteiger partial charge in [0.15, 0.2) is 6.61 Å². The van der Waals surface area contributed by atoms with Crippen molar-refractivity contribution < 1.29 is 19.4 Å². The molecule has 0 aliphatic heterocycles. The Hall–Kier alpha value is -1.11. The second-order valence-electron chi connectivity index (χ2n) is 4.00. The molecule has 0 aliphatic carbocycles. The molecule has 0 bridgehead atoms. The molecule has 0 atom stereocenters. The van der Waals surface area contributed by atoms with Crippen LogP contribution in [0.5, 0.6) is 5.75 Å². The van der Waals surface area contributed by atoms with Crippen LogP contribution in [-0.2, 0) is 16.1 Å². The first-order chi connectivity index (χ1) is 9.08. The molecule has 1 rings (SSSR count). The van der Waals surface area contributed by atoms with Gasteiger partial charge >= 0.3 is 0 Å². The van der Waals surface area contributed by atoms with Gasteiger partial charge in [-0.05, 0) is 24.6 Å². The number of hydrogen-bond acceptors (Lipinski definition) is 4. The second kappa shape index (κ2) is 8.14. The Balaban J connectivity index is 2.60. The molecule has 0 saturated heterocycles. The van der Waals surface area contributed by atoms with Crippen LogP contribution in [0.1, 0.15) is 11.1 Å². The van der Waals surface area contributed by atoms with Crippen molar-refractivity contribution in [1.29, 1.82) is 0 Å². The van der Waals surface area contributed by atoms with Gasteiger partial charge in [0.05, 0.1) is 13.2 Å². The number of ether oxygens (including phenoxy) is 2. The van der Waals surface area contributed by atoms with Gasteiger partial charge in [-0.25, -0.2) is 0 Å². The highest BCUT2D eigenvalue weighted by Gasteiger charge is 2.10. The van der Waals surface area contributed by atoms with E-state index < -0.39 is 0 Å². The lowest BCUT2D eigenvalue weighted by molar-refractivity contribution is -0.123. The summed E-state index contributed by atoms with van der Waals surface area (Å²) in [7, 11) is 1.57. The fourth-order valence-corrected chi connectivity index (χ4v) is 2.22. The van der Waals surface area contributed by atoms with E-state index in [2.05, 4.69) is 21.2 Å². The van der Waals surface area contributed by atoms with Crippen molar-refractivity contribution in [3.63, 3.8) is 0 Å². The van der Waals surface area contributed by atoms with E-state index in [-0.39, 0.29) is 19.1 Å². The number of amides is 1. The zero-order valence-electron chi connectivity index (χ0n) is 11.0. The summed E-state index contributed by atoms with van der Waals surface area (Å²) in [6.07, 6.45) is 0. The number of methoxy groups -OCH3 is 1. The van der Waals surface area contributed by atoms with E-state index in [1.807, 2.05) is 13.0 Å². The van der Waals surface area contributed by atoms with E-state index in [0.717, 1.165) is 10.0 Å². The number of hydrogen-bond donors (Lipinski definition) is 2. The summed E-state index contributed by atoms with van der Waals surface area (Å²) in [5.74, 6) is 0.329. The third-order valence-electron chi connectivity index (χ3n) is 2.46. The minimum Gasteiger partial charge on any atom is -0.483 e. The summed E-state index contributed by atoms with van der Waals surface area (Å²) in [5, 5.41) is 11.9. The molecule has 1 aromatic carbocycles. The number of carbonyl (C=O) groups excluding carboxylic acids is 1. The predicted molar refractivity (Wildman–Crippen MR) is 75.2 cm³/mol. The molecule has 1 amide bonds. The molecule has 0 aliphatic rings. The Kier molecular flexibility index (Phi) is 6.83. The number of halogens is 1. The first-order valence-corrected chi connectivity index (χ1v) is 6.66. The molecule has 2 N–H and O–H groups in total. The van der Waals surface area contributed by atoms with Gasteiger partial charge in [-0.2, -0.15) is 0 Å². The van der Waals surface area contributed by atoms with E-state index in [9.17, 15) is 9.90 Å². The van der Waals surface area contributed by atoms with Gasteiger partial charge < -0.3 is 19.9 Å². The van der Waals surface area contributed by atoms with Crippen molar-refractivity contribution >= 4 is 21.8 Å². The Labute approximate surface area is 121 Å². The van der Waals surface area contributed by atoms with Gasteiger partial charge in [-0.3, -0.25) is 4.79 Å². The smallest absolute Gasteiger partial charge is 0.258 e. The van der Waals surface area contributed by atoms with Crippen LogP contribution in [0.3, 0.4) is 0 Å². The number of rotatable bonds is 7. The van der Waals surface area contributed by atoms with Crippen molar-refractivity contribution in [3.05, 3.63) is 27.7 Å². The van der Waals surface area contributed by atoms with Crippen molar-refractivity contribution in [2.45, 2.75) is 13.5 Å². The van der Waals surface area contributed by atoms with Crippen LogP contribution < -0.4 is 10.1 Å². The van der Waals surface area contributed by atoms with Gasteiger partial charge in [-0.1, -0.05) is 15.9 Å². The molecule has 0 spiro atoms. The number of nitrogens with one attached hydrogen (secondary N) is 1. The van der Waals surface area contributed by atoms with Gasteiger partial charge in [-0.15, -0.1) is 0 Å². The van der Waals surface area contributed by atoms with Gasteiger partial charge in [0.1, 0.15) is 5.75 Å². The van der Waals surface area contributed by atoms with Crippen LogP contribution >= 0.6 is 15.9 Å². The van der Waals surface area contributed by atoms with E-state index in [1.54, 1.807) is 13.2 Å². The lowest BCUT2D eigenvalue weighted by Gasteiger charge is -2.13. The van der Waals surface area contributed by atoms with E-state index in [4.69, 9.17) is 9.47 Å². The van der Waals surface area contributed by atoms with Crippen LogP contribution in [0.2, 0.25) is 0 Å². The highest BCUT2D eigenvalue weighted by Crippen LogP contribution is 2.28. The van der Waals surface area contributed by atoms with Crippen molar-refractivity contribution in [3.8, 4) is 5.75 Å². The number of aliphatic hydroxyl groups excluding tert-OH is 1. The third-order valence-corrected chi connectivity index (χ3v) is 2.92. The van der Waals surface area contributed by atoms with Crippen LogP contribution in [0.15, 0.2) is 16.6 Å². The maximum Gasteiger partial charge on any atom is 0.258 e. The minimum absolute atomic E-state index is 0.0841. The molecule has 0 radical (unpaired) electrons. The van der Waals surface area contributed by atoms with Crippen molar-refractivity contribution in [1.82, 2.24) is 5.32 Å². The minimum atomic E-state index is -0.219. The maximum atomic E-state index is 11.5. The fraction of sp³-hybridized carbons (Fsp3) is 0.462. The Bertz CT molecular complexity index is 437. The standard InChI is InChI=1S/C13H18BrNO4/c1-9-5-11(14)6-10(7-16)13(9)19-8-12(17)15-3-4-18-2/h5-6,16H,3-4,7-8H2,1-2H3,(H,15,17). The number of benzene rings is 1. The highest BCUT2D eigenvalue weighted by atomic mass is 79.9. The molecule has 0 aromatic heterocycles. The number of aryl methyl sites for hydroxylation is 1. The lowest BCUT2D eigenvalue weighted by atomic mass is 10.1. The fourth-order valence-electron chi connectivity index (χ4n) is 1.60. The molecule has 6 heteroatoms. The third kappa shape index (κ3) is 5.18. The van der Waals surface area contributed by atoms with Crippen LogP contribution in [0, 0.1) is 6.92 Å². The quantitative estimate of drug-likeness (QED) is 0.741. The average Bonchev–Trinajstić information content (AvgIpc) is 2.37. The number of aliphatic hydroxyl groups is 1. The van der Waals surface area contributed by atoms with Crippen LogP contribution in [0.25, 0.3) is 0 Å². The molecule has 0 fully saturated rings. The van der Waals surface area contributed by atoms with E-state index >= 15 is 0 Å². The summed E-state index contributed by atoms with van der Waals surface area (Å²) in [6, 6.07) is 3.64. The summed E-state index contributed by atoms with van der Waals surface area (Å²) in [6.45, 7) is 2.55. The molecular formula is C13H18BrNO4. The normalized spacial score (nSPS) is 10.3. The predicted octanol–water partition coefficient (Wildman–Crippen LogP) is 1.39.